The molecule has 2 N–H and O–H groups in total. The number of rotatable bonds is 8. The van der Waals surface area contributed by atoms with Gasteiger partial charge in [-0.05, 0) is 24.1 Å². The largest absolute Gasteiger partial charge is 0.435 e. The molecule has 0 fully saturated rings. The second-order valence-electron chi connectivity index (χ2n) is 3.93. The number of benzene rings is 1. The van der Waals surface area contributed by atoms with E-state index in [4.69, 9.17) is 6.42 Å². The average Bonchev–Trinajstić information content (AvgIpc) is 2.40. The van der Waals surface area contributed by atoms with Crippen LogP contribution < -0.4 is 15.4 Å². The van der Waals surface area contributed by atoms with E-state index in [1.54, 1.807) is 12.1 Å². The maximum Gasteiger partial charge on any atom is 0.387 e. The molecule has 1 rings (SSSR count). The van der Waals surface area contributed by atoms with Crippen LogP contribution in [-0.4, -0.2) is 32.2 Å². The highest BCUT2D eigenvalue weighted by atomic mass is 19.3. The number of hydrogen-bond donors (Lipinski definition) is 2. The number of carbonyl (C=O) groups excluding carboxylic acids is 1. The summed E-state index contributed by atoms with van der Waals surface area (Å²) < 4.78 is 28.1. The summed E-state index contributed by atoms with van der Waals surface area (Å²) in [6, 6.07) is 6.30. The van der Waals surface area contributed by atoms with E-state index < -0.39 is 6.61 Å². The van der Waals surface area contributed by atoms with Gasteiger partial charge in [0.15, 0.2) is 0 Å². The molecule has 0 aliphatic carbocycles. The Hall–Kier alpha value is -2.13. The summed E-state index contributed by atoms with van der Waals surface area (Å²) in [6.45, 7) is -1.84. The van der Waals surface area contributed by atoms with Gasteiger partial charge < -0.3 is 10.1 Å². The molecule has 0 saturated carbocycles. The van der Waals surface area contributed by atoms with Gasteiger partial charge in [-0.25, -0.2) is 0 Å². The zero-order chi connectivity index (χ0) is 14.8. The number of nitrogens with one attached hydrogen (secondary N) is 2. The van der Waals surface area contributed by atoms with Crippen LogP contribution in [0.3, 0.4) is 0 Å². The lowest BCUT2D eigenvalue weighted by molar-refractivity contribution is -0.120. The van der Waals surface area contributed by atoms with Gasteiger partial charge in [0.1, 0.15) is 5.75 Å². The van der Waals surface area contributed by atoms with E-state index in [0.717, 1.165) is 5.56 Å². The Morgan fingerprint density at radius 3 is 2.65 bits per heavy atom. The van der Waals surface area contributed by atoms with Gasteiger partial charge in [0.25, 0.3) is 0 Å². The molecule has 0 aliphatic rings. The van der Waals surface area contributed by atoms with Crippen LogP contribution in [0.25, 0.3) is 0 Å². The minimum Gasteiger partial charge on any atom is -0.435 e. The summed E-state index contributed by atoms with van der Waals surface area (Å²) >= 11 is 0. The van der Waals surface area contributed by atoms with E-state index in [-0.39, 0.29) is 18.2 Å². The van der Waals surface area contributed by atoms with E-state index in [2.05, 4.69) is 21.3 Å². The Balaban J connectivity index is 2.25. The van der Waals surface area contributed by atoms with Gasteiger partial charge in [-0.3, -0.25) is 10.1 Å². The number of carbonyl (C=O) groups is 1. The highest BCUT2D eigenvalue weighted by molar-refractivity contribution is 5.77. The van der Waals surface area contributed by atoms with Crippen molar-refractivity contribution in [3.8, 4) is 18.1 Å². The lowest BCUT2D eigenvalue weighted by atomic mass is 10.1. The van der Waals surface area contributed by atoms with Crippen molar-refractivity contribution in [3.63, 3.8) is 0 Å². The van der Waals surface area contributed by atoms with Crippen LogP contribution >= 0.6 is 0 Å². The van der Waals surface area contributed by atoms with Crippen LogP contribution in [0.2, 0.25) is 0 Å². The van der Waals surface area contributed by atoms with Gasteiger partial charge in [0.05, 0.1) is 13.1 Å². The quantitative estimate of drug-likeness (QED) is 0.556. The van der Waals surface area contributed by atoms with E-state index in [0.29, 0.717) is 19.5 Å². The molecule has 1 aromatic carbocycles. The third kappa shape index (κ3) is 6.71. The van der Waals surface area contributed by atoms with Crippen LogP contribution in [0, 0.1) is 12.3 Å². The lowest BCUT2D eigenvalue weighted by Gasteiger charge is -2.07. The number of hydrogen-bond acceptors (Lipinski definition) is 3. The Kier molecular flexibility index (Phi) is 7.07. The standard InChI is InChI=1S/C14H16F2N2O2/c1-2-8-17-10-13(19)18-9-7-11-3-5-12(6-4-11)20-14(15)16/h1,3-6,14,17H,7-10H2,(H,18,19). The molecule has 20 heavy (non-hydrogen) atoms. The molecule has 0 unspecified atom stereocenters. The summed E-state index contributed by atoms with van der Waals surface area (Å²) in [7, 11) is 0. The van der Waals surface area contributed by atoms with E-state index in [1.807, 2.05) is 0 Å². The molecular weight excluding hydrogens is 266 g/mol. The lowest BCUT2D eigenvalue weighted by Crippen LogP contribution is -2.35. The predicted molar refractivity (Wildman–Crippen MR) is 71.5 cm³/mol. The van der Waals surface area contributed by atoms with Crippen LogP contribution in [0.5, 0.6) is 5.75 Å². The Morgan fingerprint density at radius 1 is 1.35 bits per heavy atom. The molecule has 4 nitrogen and oxygen atoms in total. The normalized spacial score (nSPS) is 10.1. The van der Waals surface area contributed by atoms with Crippen molar-refractivity contribution in [2.45, 2.75) is 13.0 Å². The van der Waals surface area contributed by atoms with Gasteiger partial charge in [-0.1, -0.05) is 18.1 Å². The molecule has 1 amide bonds. The Morgan fingerprint density at radius 2 is 2.05 bits per heavy atom. The number of terminal acetylenes is 1. The maximum atomic E-state index is 12.0. The molecule has 0 bridgehead atoms. The molecule has 0 spiro atoms. The van der Waals surface area contributed by atoms with E-state index in [9.17, 15) is 13.6 Å². The molecule has 0 radical (unpaired) electrons. The van der Waals surface area contributed by atoms with Crippen molar-refractivity contribution in [1.82, 2.24) is 10.6 Å². The van der Waals surface area contributed by atoms with Gasteiger partial charge in [0, 0.05) is 6.54 Å². The summed E-state index contributed by atoms with van der Waals surface area (Å²) in [6.07, 6.45) is 5.64. The van der Waals surface area contributed by atoms with Crippen LogP contribution in [0.15, 0.2) is 24.3 Å². The van der Waals surface area contributed by atoms with Crippen molar-refractivity contribution >= 4 is 5.91 Å². The highest BCUT2D eigenvalue weighted by Gasteiger charge is 2.04. The summed E-state index contributed by atoms with van der Waals surface area (Å²) in [5.74, 6) is 2.34. The fourth-order valence-electron chi connectivity index (χ4n) is 1.49. The smallest absolute Gasteiger partial charge is 0.387 e. The van der Waals surface area contributed by atoms with Crippen molar-refractivity contribution < 1.29 is 18.3 Å². The van der Waals surface area contributed by atoms with Crippen molar-refractivity contribution in [2.75, 3.05) is 19.6 Å². The fourth-order valence-corrected chi connectivity index (χ4v) is 1.49. The third-order valence-corrected chi connectivity index (χ3v) is 2.40. The summed E-state index contributed by atoms with van der Waals surface area (Å²) in [5, 5.41) is 5.49. The molecule has 108 valence electrons. The first kappa shape index (κ1) is 15.9. The van der Waals surface area contributed by atoms with E-state index >= 15 is 0 Å². The number of alkyl halides is 2. The first-order valence-electron chi connectivity index (χ1n) is 6.06. The number of halogens is 2. The minimum absolute atomic E-state index is 0.117. The SMILES string of the molecule is C#CCNCC(=O)NCCc1ccc(OC(F)F)cc1. The van der Waals surface area contributed by atoms with Gasteiger partial charge >= 0.3 is 6.61 Å². The Labute approximate surface area is 116 Å². The highest BCUT2D eigenvalue weighted by Crippen LogP contribution is 2.14. The maximum absolute atomic E-state index is 12.0. The topological polar surface area (TPSA) is 50.4 Å². The molecule has 0 aliphatic heterocycles. The van der Waals surface area contributed by atoms with Gasteiger partial charge in [-0.2, -0.15) is 8.78 Å². The molecule has 0 aromatic heterocycles. The first-order valence-corrected chi connectivity index (χ1v) is 6.06. The van der Waals surface area contributed by atoms with Gasteiger partial charge in [-0.15, -0.1) is 6.42 Å². The molecule has 0 atom stereocenters. The first-order chi connectivity index (χ1) is 9.61. The number of amides is 1. The fraction of sp³-hybridized carbons (Fsp3) is 0.357. The Bertz CT molecular complexity index is 455. The molecule has 0 saturated heterocycles. The zero-order valence-electron chi connectivity index (χ0n) is 10.9. The molecule has 0 heterocycles. The van der Waals surface area contributed by atoms with Gasteiger partial charge in [0.2, 0.25) is 5.91 Å². The molecule has 6 heteroatoms. The third-order valence-electron chi connectivity index (χ3n) is 2.40. The predicted octanol–water partition coefficient (Wildman–Crippen LogP) is 1.17. The van der Waals surface area contributed by atoms with Crippen molar-refractivity contribution in [2.24, 2.45) is 0 Å². The second kappa shape index (κ2) is 8.88. The average molecular weight is 282 g/mol. The van der Waals surface area contributed by atoms with Crippen molar-refractivity contribution in [1.29, 1.82) is 0 Å². The summed E-state index contributed by atoms with van der Waals surface area (Å²) in [4.78, 5) is 11.3. The minimum atomic E-state index is -2.82. The monoisotopic (exact) mass is 282 g/mol. The molecular formula is C14H16F2N2O2. The van der Waals surface area contributed by atoms with Crippen LogP contribution in [0.1, 0.15) is 5.56 Å². The van der Waals surface area contributed by atoms with Crippen molar-refractivity contribution in [3.05, 3.63) is 29.8 Å². The van der Waals surface area contributed by atoms with E-state index in [1.165, 1.54) is 12.1 Å². The molecule has 1 aromatic rings. The zero-order valence-corrected chi connectivity index (χ0v) is 10.9. The second-order valence-corrected chi connectivity index (χ2v) is 3.93. The van der Waals surface area contributed by atoms with Crippen LogP contribution in [-0.2, 0) is 11.2 Å². The number of ether oxygens (including phenoxy) is 1. The van der Waals surface area contributed by atoms with Crippen LogP contribution in [0.4, 0.5) is 8.78 Å². The summed E-state index contributed by atoms with van der Waals surface area (Å²) in [5.41, 5.74) is 0.920.